The molecule has 0 aliphatic heterocycles. The third kappa shape index (κ3) is 4.09. The Morgan fingerprint density at radius 1 is 1.10 bits per heavy atom. The Bertz CT molecular complexity index is 1410. The van der Waals surface area contributed by atoms with Gasteiger partial charge in [0.2, 0.25) is 5.95 Å². The number of fused-ring (bicyclic) bond motifs is 1. The van der Waals surface area contributed by atoms with Gasteiger partial charge in [-0.2, -0.15) is 10.1 Å². The minimum atomic E-state index is -0.428. The van der Waals surface area contributed by atoms with Crippen LogP contribution in [0.3, 0.4) is 0 Å². The first-order chi connectivity index (χ1) is 14.8. The van der Waals surface area contributed by atoms with Gasteiger partial charge in [0.05, 0.1) is 12.8 Å². The van der Waals surface area contributed by atoms with Crippen LogP contribution < -0.4 is 16.7 Å². The first kappa shape index (κ1) is 20.8. The van der Waals surface area contributed by atoms with Crippen molar-refractivity contribution >= 4 is 39.3 Å². The number of anilines is 1. The molecule has 9 heteroatoms. The summed E-state index contributed by atoms with van der Waals surface area (Å²) in [6, 6.07) is 15.7. The lowest BCUT2D eigenvalue weighted by Crippen LogP contribution is -2.37. The Morgan fingerprint density at radius 3 is 2.55 bits per heavy atom. The summed E-state index contributed by atoms with van der Waals surface area (Å²) in [6.07, 6.45) is 1.67. The van der Waals surface area contributed by atoms with Crippen LogP contribution in [-0.2, 0) is 20.6 Å². The predicted molar refractivity (Wildman–Crippen MR) is 126 cm³/mol. The largest absolute Gasteiger partial charge is 0.332 e. The normalized spacial score (nSPS) is 11.5. The van der Waals surface area contributed by atoms with Crippen LogP contribution in [0.2, 0.25) is 0 Å². The van der Waals surface area contributed by atoms with Crippen molar-refractivity contribution in [2.45, 2.75) is 13.5 Å². The van der Waals surface area contributed by atoms with E-state index in [0.29, 0.717) is 23.7 Å². The molecule has 0 fully saturated rings. The first-order valence-electron chi connectivity index (χ1n) is 9.61. The number of hydrogen-bond acceptors (Lipinski definition) is 5. The van der Waals surface area contributed by atoms with Crippen molar-refractivity contribution in [2.75, 3.05) is 5.43 Å². The van der Waals surface area contributed by atoms with E-state index in [1.165, 1.54) is 11.6 Å². The molecule has 1 N–H and O–H groups in total. The van der Waals surface area contributed by atoms with Gasteiger partial charge in [0.25, 0.3) is 5.56 Å². The van der Waals surface area contributed by atoms with Crippen molar-refractivity contribution in [3.63, 3.8) is 0 Å². The number of imidazole rings is 1. The van der Waals surface area contributed by atoms with Crippen LogP contribution in [0, 0.1) is 6.92 Å². The van der Waals surface area contributed by atoms with Crippen molar-refractivity contribution < 1.29 is 0 Å². The third-order valence-electron chi connectivity index (χ3n) is 5.02. The molecule has 0 bridgehead atoms. The summed E-state index contributed by atoms with van der Waals surface area (Å²) in [5.74, 6) is 0.378. The Morgan fingerprint density at radius 2 is 1.84 bits per heavy atom. The van der Waals surface area contributed by atoms with Crippen LogP contribution >= 0.6 is 15.9 Å². The molecule has 31 heavy (non-hydrogen) atoms. The zero-order valence-electron chi connectivity index (χ0n) is 17.3. The highest BCUT2D eigenvalue weighted by Gasteiger charge is 2.19. The molecule has 2 aromatic heterocycles. The van der Waals surface area contributed by atoms with Gasteiger partial charge in [-0.3, -0.25) is 18.5 Å². The molecule has 2 heterocycles. The fraction of sp³-hybridized carbons (Fsp3) is 0.182. The van der Waals surface area contributed by atoms with Crippen LogP contribution in [0.1, 0.15) is 16.7 Å². The molecule has 4 aromatic rings. The van der Waals surface area contributed by atoms with Crippen molar-refractivity contribution in [3.8, 4) is 0 Å². The first-order valence-corrected chi connectivity index (χ1v) is 10.4. The number of nitrogens with zero attached hydrogens (tertiary/aromatic N) is 5. The summed E-state index contributed by atoms with van der Waals surface area (Å²) < 4.78 is 5.19. The van der Waals surface area contributed by atoms with Crippen LogP contribution in [0.4, 0.5) is 5.95 Å². The van der Waals surface area contributed by atoms with E-state index >= 15 is 0 Å². The van der Waals surface area contributed by atoms with E-state index in [9.17, 15) is 9.59 Å². The minimum absolute atomic E-state index is 0.307. The lowest BCUT2D eigenvalue weighted by molar-refractivity contribution is 0.702. The average molecular weight is 481 g/mol. The Balaban J connectivity index is 1.82. The van der Waals surface area contributed by atoms with E-state index in [0.717, 1.165) is 25.7 Å². The van der Waals surface area contributed by atoms with Gasteiger partial charge in [-0.1, -0.05) is 57.9 Å². The number of nitrogens with one attached hydrogen (secondary N) is 1. The molecule has 0 aliphatic rings. The van der Waals surface area contributed by atoms with E-state index < -0.39 is 11.2 Å². The topological polar surface area (TPSA) is 86.2 Å². The highest BCUT2D eigenvalue weighted by atomic mass is 79.9. The standard InChI is InChI=1S/C22H21BrN6O2/c1-14-5-4-6-16(11-14)13-29-18-19(27(2)22(31)28(3)20(18)30)25-21(29)26-24-12-15-7-9-17(23)10-8-15/h4-12H,13H2,1-3H3,(H,25,26)/b24-12+. The summed E-state index contributed by atoms with van der Waals surface area (Å²) in [5, 5.41) is 4.29. The molecule has 0 atom stereocenters. The highest BCUT2D eigenvalue weighted by molar-refractivity contribution is 9.10. The van der Waals surface area contributed by atoms with Crippen LogP contribution in [0.5, 0.6) is 0 Å². The number of benzene rings is 2. The molecule has 0 saturated carbocycles. The number of aromatic nitrogens is 4. The van der Waals surface area contributed by atoms with Gasteiger partial charge < -0.3 is 0 Å². The van der Waals surface area contributed by atoms with Gasteiger partial charge in [-0.05, 0) is 30.2 Å². The molecule has 0 amide bonds. The van der Waals surface area contributed by atoms with E-state index in [-0.39, 0.29) is 0 Å². The van der Waals surface area contributed by atoms with Gasteiger partial charge in [0, 0.05) is 18.6 Å². The second-order valence-corrected chi connectivity index (χ2v) is 8.23. The zero-order chi connectivity index (χ0) is 22.1. The number of aryl methyl sites for hydroxylation is 2. The van der Waals surface area contributed by atoms with Crippen LogP contribution in [0.15, 0.2) is 67.7 Å². The number of rotatable bonds is 5. The van der Waals surface area contributed by atoms with Gasteiger partial charge in [-0.25, -0.2) is 10.2 Å². The lowest BCUT2D eigenvalue weighted by Gasteiger charge is -2.10. The van der Waals surface area contributed by atoms with Crippen molar-refractivity contribution in [3.05, 3.63) is 90.5 Å². The van der Waals surface area contributed by atoms with Crippen molar-refractivity contribution in [1.82, 2.24) is 18.7 Å². The fourth-order valence-electron chi connectivity index (χ4n) is 3.39. The molecular weight excluding hydrogens is 460 g/mol. The van der Waals surface area contributed by atoms with Crippen LogP contribution in [0.25, 0.3) is 11.2 Å². The maximum atomic E-state index is 12.9. The monoisotopic (exact) mass is 480 g/mol. The maximum absolute atomic E-state index is 12.9. The minimum Gasteiger partial charge on any atom is -0.298 e. The Hall–Kier alpha value is -3.46. The molecule has 158 valence electrons. The molecular formula is C22H21BrN6O2. The third-order valence-corrected chi connectivity index (χ3v) is 5.55. The van der Waals surface area contributed by atoms with Crippen molar-refractivity contribution in [2.24, 2.45) is 19.2 Å². The summed E-state index contributed by atoms with van der Waals surface area (Å²) >= 11 is 3.41. The summed E-state index contributed by atoms with van der Waals surface area (Å²) in [5.41, 5.74) is 5.79. The molecule has 0 aliphatic carbocycles. The van der Waals surface area contributed by atoms with Gasteiger partial charge in [0.15, 0.2) is 11.2 Å². The molecule has 0 spiro atoms. The van der Waals surface area contributed by atoms with E-state index in [1.807, 2.05) is 55.5 Å². The quantitative estimate of drug-likeness (QED) is 0.351. The second-order valence-electron chi connectivity index (χ2n) is 7.31. The number of hydrogen-bond donors (Lipinski definition) is 1. The average Bonchev–Trinajstić information content (AvgIpc) is 3.10. The lowest BCUT2D eigenvalue weighted by atomic mass is 10.1. The van der Waals surface area contributed by atoms with E-state index in [2.05, 4.69) is 31.4 Å². The van der Waals surface area contributed by atoms with Crippen LogP contribution in [-0.4, -0.2) is 24.9 Å². The van der Waals surface area contributed by atoms with Gasteiger partial charge >= 0.3 is 5.69 Å². The van der Waals surface area contributed by atoms with Gasteiger partial charge in [-0.15, -0.1) is 0 Å². The smallest absolute Gasteiger partial charge is 0.298 e. The number of halogens is 1. The SMILES string of the molecule is Cc1cccc(Cn2c(N/N=C/c3ccc(Br)cc3)nc3c2c(=O)n(C)c(=O)n3C)c1. The molecule has 0 radical (unpaired) electrons. The molecule has 8 nitrogen and oxygen atoms in total. The Kier molecular flexibility index (Phi) is 5.60. The maximum Gasteiger partial charge on any atom is 0.332 e. The molecule has 0 saturated heterocycles. The van der Waals surface area contributed by atoms with E-state index in [1.54, 1.807) is 17.8 Å². The summed E-state index contributed by atoms with van der Waals surface area (Å²) in [4.78, 5) is 29.8. The molecule has 2 aromatic carbocycles. The number of hydrazone groups is 1. The van der Waals surface area contributed by atoms with E-state index in [4.69, 9.17) is 0 Å². The molecule has 4 rings (SSSR count). The second kappa shape index (κ2) is 8.35. The predicted octanol–water partition coefficient (Wildman–Crippen LogP) is 3.00. The highest BCUT2D eigenvalue weighted by Crippen LogP contribution is 2.18. The Labute approximate surface area is 186 Å². The zero-order valence-corrected chi connectivity index (χ0v) is 18.9. The van der Waals surface area contributed by atoms with Gasteiger partial charge in [0.1, 0.15) is 0 Å². The summed E-state index contributed by atoms with van der Waals surface area (Å²) in [6.45, 7) is 2.42. The molecule has 0 unspecified atom stereocenters. The summed E-state index contributed by atoms with van der Waals surface area (Å²) in [7, 11) is 3.07. The van der Waals surface area contributed by atoms with Crippen molar-refractivity contribution in [1.29, 1.82) is 0 Å². The fourth-order valence-corrected chi connectivity index (χ4v) is 3.66.